The number of fused-ring (bicyclic) bond motifs is 1. The van der Waals surface area contributed by atoms with Gasteiger partial charge in [0.05, 0.1) is 0 Å². The third-order valence-corrected chi connectivity index (χ3v) is 8.64. The lowest BCUT2D eigenvalue weighted by atomic mass is 9.86. The number of aromatic nitrogens is 4. The van der Waals surface area contributed by atoms with E-state index in [9.17, 15) is 4.79 Å². The zero-order valence-electron chi connectivity index (χ0n) is 24.6. The molecule has 4 heterocycles. The topological polar surface area (TPSA) is 102 Å². The van der Waals surface area contributed by atoms with Gasteiger partial charge in [-0.25, -0.2) is 4.98 Å². The fourth-order valence-corrected chi connectivity index (χ4v) is 6.54. The summed E-state index contributed by atoms with van der Waals surface area (Å²) >= 11 is 0. The molecule has 1 atom stereocenters. The first-order valence-electron chi connectivity index (χ1n) is 14.9. The molecule has 1 saturated carbocycles. The Morgan fingerprint density at radius 1 is 1.07 bits per heavy atom. The number of nitrogens with one attached hydrogen (secondary N) is 1. The van der Waals surface area contributed by atoms with Crippen LogP contribution in [0.3, 0.4) is 0 Å². The number of piperidine rings is 1. The molecule has 0 aromatic carbocycles. The average Bonchev–Trinajstić information content (AvgIpc) is 3.26. The van der Waals surface area contributed by atoms with Gasteiger partial charge in [-0.05, 0) is 95.2 Å². The van der Waals surface area contributed by atoms with Crippen LogP contribution < -0.4 is 11.1 Å². The van der Waals surface area contributed by atoms with Crippen molar-refractivity contribution < 1.29 is 4.79 Å². The molecule has 1 saturated heterocycles. The van der Waals surface area contributed by atoms with Crippen LogP contribution in [0.1, 0.15) is 98.4 Å². The van der Waals surface area contributed by atoms with Crippen molar-refractivity contribution >= 4 is 36.4 Å². The summed E-state index contributed by atoms with van der Waals surface area (Å²) in [5.74, 6) is 1.84. The molecule has 0 radical (unpaired) electrons. The van der Waals surface area contributed by atoms with Gasteiger partial charge in [0.2, 0.25) is 5.95 Å². The second kappa shape index (κ2) is 13.3. The van der Waals surface area contributed by atoms with Crippen LogP contribution in [0.25, 0.3) is 11.0 Å². The number of pyridine rings is 1. The SMILES string of the molecule is CCC[C@H](C)Nc1ncc2c(C3CCN(C(=O)c4cc(C)nc(C)c4)CC3)cn(CC3CCC(N)CC3)c2n1.S. The molecule has 218 valence electrons. The number of amides is 1. The molecular formula is C31H47N7OS. The van der Waals surface area contributed by atoms with E-state index in [1.165, 1.54) is 18.4 Å². The predicted molar refractivity (Wildman–Crippen MR) is 167 cm³/mol. The molecule has 1 amide bonds. The van der Waals surface area contributed by atoms with Gasteiger partial charge in [0.25, 0.3) is 5.91 Å². The minimum Gasteiger partial charge on any atom is -0.352 e. The lowest BCUT2D eigenvalue weighted by Gasteiger charge is -2.32. The van der Waals surface area contributed by atoms with Crippen LogP contribution in [-0.2, 0) is 6.54 Å². The van der Waals surface area contributed by atoms with Gasteiger partial charge >= 0.3 is 0 Å². The molecule has 2 fully saturated rings. The molecule has 3 aromatic heterocycles. The molecule has 0 spiro atoms. The highest BCUT2D eigenvalue weighted by Gasteiger charge is 2.28. The van der Waals surface area contributed by atoms with E-state index in [1.54, 1.807) is 0 Å². The van der Waals surface area contributed by atoms with E-state index >= 15 is 0 Å². The molecule has 8 nitrogen and oxygen atoms in total. The summed E-state index contributed by atoms with van der Waals surface area (Å²) in [6.07, 6.45) is 13.0. The number of likely N-dealkylation sites (tertiary alicyclic amines) is 1. The maximum absolute atomic E-state index is 13.2. The maximum atomic E-state index is 13.2. The number of nitrogens with two attached hydrogens (primary N) is 1. The summed E-state index contributed by atoms with van der Waals surface area (Å²) in [5, 5.41) is 4.66. The van der Waals surface area contributed by atoms with Gasteiger partial charge in [-0.15, -0.1) is 0 Å². The third kappa shape index (κ3) is 6.97. The minimum atomic E-state index is 0. The zero-order valence-corrected chi connectivity index (χ0v) is 25.6. The molecule has 3 aromatic rings. The molecular weight excluding hydrogens is 518 g/mol. The third-order valence-electron chi connectivity index (χ3n) is 8.64. The zero-order chi connectivity index (χ0) is 27.5. The summed E-state index contributed by atoms with van der Waals surface area (Å²) < 4.78 is 2.38. The monoisotopic (exact) mass is 565 g/mol. The van der Waals surface area contributed by atoms with E-state index in [-0.39, 0.29) is 19.4 Å². The standard InChI is InChI=1S/C31H45N7O.H2S/c1-5-6-20(2)35-31-33-17-27-28(19-38(29(27)36-31)18-23-7-9-26(32)10-8-23)24-11-13-37(14-12-24)30(39)25-15-21(3)34-22(4)16-25;/h15-17,19-20,23-24,26H,5-14,18,32H2,1-4H3,(H,33,35,36);1H2/t20-,23?,26?;/m0./s1. The summed E-state index contributed by atoms with van der Waals surface area (Å²) in [5.41, 5.74) is 11.1. The van der Waals surface area contributed by atoms with E-state index in [4.69, 9.17) is 15.7 Å². The van der Waals surface area contributed by atoms with E-state index in [0.717, 1.165) is 86.1 Å². The van der Waals surface area contributed by atoms with Gasteiger partial charge in [0.1, 0.15) is 5.65 Å². The lowest BCUT2D eigenvalue weighted by Crippen LogP contribution is -2.38. The number of rotatable bonds is 8. The number of carbonyl (C=O) groups excluding carboxylic acids is 1. The molecule has 3 N–H and O–H groups in total. The Kier molecular flexibility index (Phi) is 10.1. The van der Waals surface area contributed by atoms with Crippen LogP contribution in [0.5, 0.6) is 0 Å². The molecule has 1 aliphatic carbocycles. The van der Waals surface area contributed by atoms with Crippen molar-refractivity contribution in [2.24, 2.45) is 11.7 Å². The molecule has 9 heteroatoms. The van der Waals surface area contributed by atoms with Gasteiger partial charge in [0.15, 0.2) is 0 Å². The normalized spacial score (nSPS) is 20.8. The molecule has 0 unspecified atom stereocenters. The van der Waals surface area contributed by atoms with E-state index in [0.29, 0.717) is 29.9 Å². The number of nitrogens with zero attached hydrogens (tertiary/aromatic N) is 5. The Bertz CT molecular complexity index is 1270. The quantitative estimate of drug-likeness (QED) is 0.364. The number of hydrogen-bond donors (Lipinski definition) is 2. The second-order valence-electron chi connectivity index (χ2n) is 12.0. The van der Waals surface area contributed by atoms with Crippen LogP contribution in [0.4, 0.5) is 5.95 Å². The highest BCUT2D eigenvalue weighted by molar-refractivity contribution is 7.59. The Hall–Kier alpha value is -2.65. The van der Waals surface area contributed by atoms with Gasteiger partial charge < -0.3 is 20.5 Å². The van der Waals surface area contributed by atoms with E-state index < -0.39 is 0 Å². The fraction of sp³-hybridized carbons (Fsp3) is 0.613. The van der Waals surface area contributed by atoms with Crippen molar-refractivity contribution in [3.8, 4) is 0 Å². The highest BCUT2D eigenvalue weighted by atomic mass is 32.1. The van der Waals surface area contributed by atoms with Crippen LogP contribution in [-0.4, -0.2) is 55.5 Å². The average molecular weight is 566 g/mol. The lowest BCUT2D eigenvalue weighted by molar-refractivity contribution is 0.0713. The second-order valence-corrected chi connectivity index (χ2v) is 12.0. The smallest absolute Gasteiger partial charge is 0.253 e. The van der Waals surface area contributed by atoms with Crippen molar-refractivity contribution in [1.82, 2.24) is 24.4 Å². The van der Waals surface area contributed by atoms with Crippen LogP contribution in [0.15, 0.2) is 24.5 Å². The first-order chi connectivity index (χ1) is 18.8. The van der Waals surface area contributed by atoms with Crippen molar-refractivity contribution in [3.63, 3.8) is 0 Å². The minimum absolute atomic E-state index is 0. The molecule has 5 rings (SSSR count). The van der Waals surface area contributed by atoms with Gasteiger partial charge in [-0.2, -0.15) is 18.5 Å². The summed E-state index contributed by atoms with van der Waals surface area (Å²) in [7, 11) is 0. The molecule has 2 aliphatic rings. The Morgan fingerprint density at radius 2 is 1.75 bits per heavy atom. The summed E-state index contributed by atoms with van der Waals surface area (Å²) in [6, 6.07) is 4.49. The van der Waals surface area contributed by atoms with Crippen LogP contribution in [0.2, 0.25) is 0 Å². The van der Waals surface area contributed by atoms with Crippen molar-refractivity contribution in [2.45, 2.75) is 104 Å². The number of anilines is 1. The Morgan fingerprint density at radius 3 is 2.40 bits per heavy atom. The van der Waals surface area contributed by atoms with Crippen molar-refractivity contribution in [2.75, 3.05) is 18.4 Å². The maximum Gasteiger partial charge on any atom is 0.253 e. The van der Waals surface area contributed by atoms with E-state index in [2.05, 4.69) is 34.9 Å². The van der Waals surface area contributed by atoms with Crippen LogP contribution >= 0.6 is 13.5 Å². The molecule has 0 bridgehead atoms. The molecule has 1 aliphatic heterocycles. The number of carbonyl (C=O) groups is 1. The van der Waals surface area contributed by atoms with Gasteiger partial charge in [-0.3, -0.25) is 9.78 Å². The summed E-state index contributed by atoms with van der Waals surface area (Å²) in [6.45, 7) is 10.8. The Labute approximate surface area is 246 Å². The number of aryl methyl sites for hydroxylation is 2. The largest absolute Gasteiger partial charge is 0.352 e. The molecule has 40 heavy (non-hydrogen) atoms. The van der Waals surface area contributed by atoms with E-state index in [1.807, 2.05) is 37.1 Å². The number of hydrogen-bond acceptors (Lipinski definition) is 6. The fourth-order valence-electron chi connectivity index (χ4n) is 6.54. The van der Waals surface area contributed by atoms with Crippen molar-refractivity contribution in [3.05, 3.63) is 47.0 Å². The van der Waals surface area contributed by atoms with Crippen LogP contribution in [0, 0.1) is 19.8 Å². The first-order valence-corrected chi connectivity index (χ1v) is 14.9. The summed E-state index contributed by atoms with van der Waals surface area (Å²) in [4.78, 5) is 29.4. The predicted octanol–water partition coefficient (Wildman–Crippen LogP) is 5.69. The first kappa shape index (κ1) is 30.3. The van der Waals surface area contributed by atoms with Crippen molar-refractivity contribution in [1.29, 1.82) is 0 Å². The Balaban J connectivity index is 0.00000370. The highest BCUT2D eigenvalue weighted by Crippen LogP contribution is 2.36. The van der Waals surface area contributed by atoms with Gasteiger partial charge in [-0.1, -0.05) is 13.3 Å². The van der Waals surface area contributed by atoms with Gasteiger partial charge in [0, 0.05) is 66.4 Å².